The lowest BCUT2D eigenvalue weighted by Crippen LogP contribution is -2.29. The molecule has 5 heteroatoms. The number of nitrogens with zero attached hydrogens (tertiary/aromatic N) is 3. The van der Waals surface area contributed by atoms with E-state index in [-0.39, 0.29) is 0 Å². The summed E-state index contributed by atoms with van der Waals surface area (Å²) in [6.07, 6.45) is 7.26. The fourth-order valence-corrected chi connectivity index (χ4v) is 3.55. The number of aryl methyl sites for hydroxylation is 1. The Morgan fingerprint density at radius 1 is 1.35 bits per heavy atom. The first kappa shape index (κ1) is 13.9. The zero-order valence-corrected chi connectivity index (χ0v) is 13.7. The first-order chi connectivity index (χ1) is 9.67. The molecule has 4 nitrogen and oxygen atoms in total. The number of likely N-dealkylation sites (N-methyl/N-ethyl adjacent to an activating group) is 1. The van der Waals surface area contributed by atoms with Crippen molar-refractivity contribution in [2.75, 3.05) is 23.3 Å². The summed E-state index contributed by atoms with van der Waals surface area (Å²) in [5.74, 6) is 1.85. The lowest BCUT2D eigenvalue weighted by molar-refractivity contribution is 0.740. The van der Waals surface area contributed by atoms with Crippen molar-refractivity contribution in [1.29, 1.82) is 0 Å². The van der Waals surface area contributed by atoms with Crippen molar-refractivity contribution in [3.05, 3.63) is 15.7 Å². The number of anilines is 2. The Hall–Kier alpha value is -1.10. The number of fused-ring (bicyclic) bond motifs is 1. The fourth-order valence-electron chi connectivity index (χ4n) is 3.01. The molecule has 2 heterocycles. The SMILES string of the molecule is CCN1CC(Br)=Cc2c(C)nc(NC3CCCC3)nc21. The second-order valence-corrected chi connectivity index (χ2v) is 6.62. The molecule has 3 rings (SSSR count). The predicted octanol–water partition coefficient (Wildman–Crippen LogP) is 3.72. The predicted molar refractivity (Wildman–Crippen MR) is 87.4 cm³/mol. The van der Waals surface area contributed by atoms with Gasteiger partial charge in [0, 0.05) is 22.6 Å². The second-order valence-electron chi connectivity index (χ2n) is 5.60. The van der Waals surface area contributed by atoms with Crippen molar-refractivity contribution in [1.82, 2.24) is 9.97 Å². The van der Waals surface area contributed by atoms with Crippen LogP contribution in [-0.2, 0) is 0 Å². The molecule has 0 unspecified atom stereocenters. The molecular formula is C15H21BrN4. The van der Waals surface area contributed by atoms with Gasteiger partial charge in [-0.25, -0.2) is 4.98 Å². The Morgan fingerprint density at radius 2 is 2.10 bits per heavy atom. The highest BCUT2D eigenvalue weighted by atomic mass is 79.9. The van der Waals surface area contributed by atoms with E-state index in [2.05, 4.69) is 51.1 Å². The average molecular weight is 337 g/mol. The molecule has 1 aromatic heterocycles. The summed E-state index contributed by atoms with van der Waals surface area (Å²) in [5, 5.41) is 3.51. The molecule has 1 aliphatic heterocycles. The summed E-state index contributed by atoms with van der Waals surface area (Å²) in [6, 6.07) is 0.549. The van der Waals surface area contributed by atoms with Crippen molar-refractivity contribution in [2.24, 2.45) is 0 Å². The van der Waals surface area contributed by atoms with Crippen molar-refractivity contribution in [3.63, 3.8) is 0 Å². The number of aromatic nitrogens is 2. The molecule has 20 heavy (non-hydrogen) atoms. The third-order valence-corrected chi connectivity index (χ3v) is 4.61. The molecule has 0 radical (unpaired) electrons. The van der Waals surface area contributed by atoms with Gasteiger partial charge in [0.1, 0.15) is 5.82 Å². The maximum absolute atomic E-state index is 4.76. The number of halogens is 1. The highest BCUT2D eigenvalue weighted by Gasteiger charge is 2.22. The molecule has 1 fully saturated rings. The van der Waals surface area contributed by atoms with Gasteiger partial charge < -0.3 is 10.2 Å². The fraction of sp³-hybridized carbons (Fsp3) is 0.600. The minimum Gasteiger partial charge on any atom is -0.351 e. The molecule has 1 aromatic rings. The van der Waals surface area contributed by atoms with Crippen LogP contribution in [0.3, 0.4) is 0 Å². The van der Waals surface area contributed by atoms with Gasteiger partial charge in [0.2, 0.25) is 5.95 Å². The number of hydrogen-bond acceptors (Lipinski definition) is 4. The van der Waals surface area contributed by atoms with E-state index in [1.54, 1.807) is 0 Å². The van der Waals surface area contributed by atoms with Gasteiger partial charge in [-0.05, 0) is 32.8 Å². The van der Waals surface area contributed by atoms with Crippen molar-refractivity contribution < 1.29 is 0 Å². The van der Waals surface area contributed by atoms with Crippen LogP contribution >= 0.6 is 15.9 Å². The number of nitrogens with one attached hydrogen (secondary N) is 1. The quantitative estimate of drug-likeness (QED) is 0.913. The maximum Gasteiger partial charge on any atom is 0.225 e. The second kappa shape index (κ2) is 5.72. The largest absolute Gasteiger partial charge is 0.351 e. The van der Waals surface area contributed by atoms with Crippen molar-refractivity contribution in [2.45, 2.75) is 45.6 Å². The molecule has 1 N–H and O–H groups in total. The van der Waals surface area contributed by atoms with Gasteiger partial charge in [0.25, 0.3) is 0 Å². The Morgan fingerprint density at radius 3 is 2.80 bits per heavy atom. The molecular weight excluding hydrogens is 316 g/mol. The Kier molecular flexibility index (Phi) is 3.96. The van der Waals surface area contributed by atoms with E-state index in [4.69, 9.17) is 4.98 Å². The van der Waals surface area contributed by atoms with Crippen LogP contribution < -0.4 is 10.2 Å². The molecule has 0 spiro atoms. The van der Waals surface area contributed by atoms with Crippen LogP contribution in [0.4, 0.5) is 11.8 Å². The molecule has 0 bridgehead atoms. The van der Waals surface area contributed by atoms with Crippen LogP contribution in [0.1, 0.15) is 43.9 Å². The van der Waals surface area contributed by atoms with Crippen molar-refractivity contribution in [3.8, 4) is 0 Å². The number of rotatable bonds is 3. The smallest absolute Gasteiger partial charge is 0.225 e. The Balaban J connectivity index is 1.93. The average Bonchev–Trinajstić information content (AvgIpc) is 2.92. The zero-order valence-electron chi connectivity index (χ0n) is 12.1. The van der Waals surface area contributed by atoms with Gasteiger partial charge >= 0.3 is 0 Å². The van der Waals surface area contributed by atoms with E-state index in [0.29, 0.717) is 6.04 Å². The van der Waals surface area contributed by atoms with E-state index in [1.807, 2.05) is 0 Å². The summed E-state index contributed by atoms with van der Waals surface area (Å²) in [4.78, 5) is 11.7. The summed E-state index contributed by atoms with van der Waals surface area (Å²) in [6.45, 7) is 6.07. The van der Waals surface area contributed by atoms with Crippen LogP contribution in [0.5, 0.6) is 0 Å². The third-order valence-electron chi connectivity index (χ3n) is 4.13. The molecule has 108 valence electrons. The highest BCUT2D eigenvalue weighted by molar-refractivity contribution is 9.11. The van der Waals surface area contributed by atoms with Gasteiger partial charge in [0.15, 0.2) is 0 Å². The summed E-state index contributed by atoms with van der Waals surface area (Å²) in [5.41, 5.74) is 2.19. The molecule has 0 aromatic carbocycles. The lowest BCUT2D eigenvalue weighted by atomic mass is 10.1. The van der Waals surface area contributed by atoms with E-state index < -0.39 is 0 Å². The van der Waals surface area contributed by atoms with Crippen LogP contribution in [0.25, 0.3) is 6.08 Å². The standard InChI is InChI=1S/C15H21BrN4/c1-3-20-9-11(16)8-13-10(2)17-15(19-14(13)20)18-12-6-4-5-7-12/h8,12H,3-7,9H2,1-2H3,(H,17,18,19). The van der Waals surface area contributed by atoms with Gasteiger partial charge in [-0.1, -0.05) is 28.8 Å². The molecule has 1 aliphatic carbocycles. The Bertz CT molecular complexity index is 535. The number of hydrogen-bond donors (Lipinski definition) is 1. The molecule has 1 saturated carbocycles. The summed E-state index contributed by atoms with van der Waals surface area (Å²) < 4.78 is 1.19. The van der Waals surface area contributed by atoms with E-state index in [9.17, 15) is 0 Å². The zero-order chi connectivity index (χ0) is 14.1. The molecule has 0 atom stereocenters. The van der Waals surface area contributed by atoms with Crippen LogP contribution in [0, 0.1) is 6.92 Å². The topological polar surface area (TPSA) is 41.1 Å². The first-order valence-corrected chi connectivity index (χ1v) is 8.23. The lowest BCUT2D eigenvalue weighted by Gasteiger charge is -2.28. The minimum atomic E-state index is 0.549. The van der Waals surface area contributed by atoms with E-state index in [1.165, 1.54) is 30.2 Å². The van der Waals surface area contributed by atoms with Gasteiger partial charge in [-0.3, -0.25) is 0 Å². The highest BCUT2D eigenvalue weighted by Crippen LogP contribution is 2.32. The third kappa shape index (κ3) is 2.68. The molecule has 2 aliphatic rings. The van der Waals surface area contributed by atoms with E-state index >= 15 is 0 Å². The van der Waals surface area contributed by atoms with E-state index in [0.717, 1.165) is 36.1 Å². The monoisotopic (exact) mass is 336 g/mol. The summed E-state index contributed by atoms with van der Waals surface area (Å²) in [7, 11) is 0. The maximum atomic E-state index is 4.76. The molecule has 0 saturated heterocycles. The van der Waals surface area contributed by atoms with Gasteiger partial charge in [-0.15, -0.1) is 0 Å². The van der Waals surface area contributed by atoms with Gasteiger partial charge in [-0.2, -0.15) is 4.98 Å². The van der Waals surface area contributed by atoms with Crippen LogP contribution in [0.15, 0.2) is 4.48 Å². The normalized spacial score (nSPS) is 18.9. The van der Waals surface area contributed by atoms with Crippen molar-refractivity contribution >= 4 is 33.8 Å². The van der Waals surface area contributed by atoms with Crippen LogP contribution in [-0.4, -0.2) is 29.1 Å². The minimum absolute atomic E-state index is 0.549. The van der Waals surface area contributed by atoms with Gasteiger partial charge in [0.05, 0.1) is 12.2 Å². The van der Waals surface area contributed by atoms with Crippen LogP contribution in [0.2, 0.25) is 0 Å². The first-order valence-electron chi connectivity index (χ1n) is 7.43. The summed E-state index contributed by atoms with van der Waals surface area (Å²) >= 11 is 3.61. The Labute approximate surface area is 128 Å². The molecule has 0 amide bonds.